The maximum absolute atomic E-state index is 9.42. The number of aromatic nitrogens is 4. The van der Waals surface area contributed by atoms with Gasteiger partial charge >= 0.3 is 0 Å². The Balaban J connectivity index is 2.12. The van der Waals surface area contributed by atoms with E-state index in [2.05, 4.69) is 20.4 Å². The molecule has 6 nitrogen and oxygen atoms in total. The third-order valence-electron chi connectivity index (χ3n) is 3.56. The van der Waals surface area contributed by atoms with Crippen molar-refractivity contribution in [1.29, 1.82) is 0 Å². The zero-order valence-corrected chi connectivity index (χ0v) is 12.9. The number of hydrogen-bond donors (Lipinski definition) is 2. The van der Waals surface area contributed by atoms with E-state index in [0.717, 1.165) is 22.3 Å². The third kappa shape index (κ3) is 2.53. The van der Waals surface area contributed by atoms with Gasteiger partial charge in [-0.2, -0.15) is 5.10 Å². The van der Waals surface area contributed by atoms with Crippen LogP contribution in [0.25, 0.3) is 16.7 Å². The Morgan fingerprint density at radius 3 is 2.73 bits per heavy atom. The number of hydrogen-bond acceptors (Lipinski definition) is 5. The Bertz CT molecular complexity index is 809. The van der Waals surface area contributed by atoms with Crippen molar-refractivity contribution in [1.82, 2.24) is 19.7 Å². The van der Waals surface area contributed by atoms with Crippen molar-refractivity contribution < 1.29 is 5.11 Å². The maximum atomic E-state index is 9.42. The molecule has 0 aliphatic carbocycles. The first-order valence-electron chi connectivity index (χ1n) is 7.15. The molecule has 1 aromatic carbocycles. The largest absolute Gasteiger partial charge is 0.394 e. The van der Waals surface area contributed by atoms with E-state index in [9.17, 15) is 5.11 Å². The lowest BCUT2D eigenvalue weighted by atomic mass is 10.1. The molecule has 2 heterocycles. The molecule has 0 aliphatic rings. The van der Waals surface area contributed by atoms with Crippen LogP contribution in [0.3, 0.4) is 0 Å². The number of nitrogens with zero attached hydrogens (tertiary/aromatic N) is 4. The fraction of sp³-hybridized carbons (Fsp3) is 0.312. The highest BCUT2D eigenvalue weighted by Crippen LogP contribution is 2.24. The molecule has 22 heavy (non-hydrogen) atoms. The lowest BCUT2D eigenvalue weighted by molar-refractivity contribution is 0.234. The summed E-state index contributed by atoms with van der Waals surface area (Å²) in [5.41, 5.74) is 2.38. The average molecular weight is 297 g/mol. The predicted molar refractivity (Wildman–Crippen MR) is 86.2 cm³/mol. The molecule has 3 rings (SSSR count). The molecule has 2 aromatic heterocycles. The van der Waals surface area contributed by atoms with Crippen LogP contribution in [-0.2, 0) is 0 Å². The van der Waals surface area contributed by atoms with E-state index >= 15 is 0 Å². The summed E-state index contributed by atoms with van der Waals surface area (Å²) in [7, 11) is 0. The number of nitrogens with one attached hydrogen (secondary N) is 1. The highest BCUT2D eigenvalue weighted by atomic mass is 16.3. The molecule has 0 saturated carbocycles. The smallest absolute Gasteiger partial charge is 0.168 e. The van der Waals surface area contributed by atoms with Gasteiger partial charge in [0.1, 0.15) is 12.1 Å². The van der Waals surface area contributed by atoms with Crippen molar-refractivity contribution in [3.05, 3.63) is 42.4 Å². The standard InChI is InChI=1S/C16H19N5O/c1-11-6-4-5-7-13(11)21-15-12(8-19-21)14(17-10-18-15)20-16(2,3)9-22/h4-8,10,22H,9H2,1-3H3,(H,17,18,20). The van der Waals surface area contributed by atoms with Crippen LogP contribution in [0.5, 0.6) is 0 Å². The van der Waals surface area contributed by atoms with Crippen LogP contribution in [0, 0.1) is 6.92 Å². The Morgan fingerprint density at radius 1 is 1.23 bits per heavy atom. The highest BCUT2D eigenvalue weighted by Gasteiger charge is 2.19. The highest BCUT2D eigenvalue weighted by molar-refractivity contribution is 5.87. The van der Waals surface area contributed by atoms with Crippen molar-refractivity contribution >= 4 is 16.9 Å². The normalized spacial score (nSPS) is 11.8. The molecule has 0 atom stereocenters. The van der Waals surface area contributed by atoms with Gasteiger partial charge in [0.2, 0.25) is 0 Å². The number of aryl methyl sites for hydroxylation is 1. The predicted octanol–water partition coefficient (Wildman–Crippen LogP) is 2.31. The van der Waals surface area contributed by atoms with Gasteiger partial charge in [0.05, 0.1) is 29.4 Å². The molecule has 0 fully saturated rings. The number of aliphatic hydroxyl groups is 1. The second-order valence-electron chi connectivity index (χ2n) is 5.97. The fourth-order valence-corrected chi connectivity index (χ4v) is 2.28. The number of fused-ring (bicyclic) bond motifs is 1. The Labute approximate surface area is 128 Å². The Hall–Kier alpha value is -2.47. The summed E-state index contributed by atoms with van der Waals surface area (Å²) in [5.74, 6) is 0.670. The zero-order chi connectivity index (χ0) is 15.7. The Morgan fingerprint density at radius 2 is 2.00 bits per heavy atom. The molecular weight excluding hydrogens is 278 g/mol. The number of anilines is 1. The van der Waals surface area contributed by atoms with Crippen molar-refractivity contribution in [3.63, 3.8) is 0 Å². The number of rotatable bonds is 4. The van der Waals surface area contributed by atoms with Gasteiger partial charge in [-0.05, 0) is 32.4 Å². The van der Waals surface area contributed by atoms with E-state index in [0.29, 0.717) is 5.82 Å². The summed E-state index contributed by atoms with van der Waals surface area (Å²) < 4.78 is 1.81. The van der Waals surface area contributed by atoms with Gasteiger partial charge in [-0.15, -0.1) is 0 Å². The minimum Gasteiger partial charge on any atom is -0.394 e. The second-order valence-corrected chi connectivity index (χ2v) is 5.97. The molecule has 2 N–H and O–H groups in total. The first kappa shape index (κ1) is 14.5. The van der Waals surface area contributed by atoms with E-state index < -0.39 is 5.54 Å². The fourth-order valence-electron chi connectivity index (χ4n) is 2.28. The molecule has 114 valence electrons. The number of benzene rings is 1. The molecular formula is C16H19N5O. The van der Waals surface area contributed by atoms with Gasteiger partial charge in [0, 0.05) is 0 Å². The molecule has 3 aromatic rings. The summed E-state index contributed by atoms with van der Waals surface area (Å²) in [4.78, 5) is 8.64. The summed E-state index contributed by atoms with van der Waals surface area (Å²) in [6.45, 7) is 5.86. The van der Waals surface area contributed by atoms with Gasteiger partial charge in [0.25, 0.3) is 0 Å². The lowest BCUT2D eigenvalue weighted by Gasteiger charge is -2.24. The van der Waals surface area contributed by atoms with Crippen LogP contribution in [-0.4, -0.2) is 37.0 Å². The molecule has 0 saturated heterocycles. The average Bonchev–Trinajstić information content (AvgIpc) is 2.92. The van der Waals surface area contributed by atoms with Gasteiger partial charge in [-0.1, -0.05) is 18.2 Å². The number of para-hydroxylation sites is 1. The summed E-state index contributed by atoms with van der Waals surface area (Å²) in [6.07, 6.45) is 3.26. The van der Waals surface area contributed by atoms with Crippen molar-refractivity contribution in [3.8, 4) is 5.69 Å². The monoisotopic (exact) mass is 297 g/mol. The summed E-state index contributed by atoms with van der Waals surface area (Å²) >= 11 is 0. The van der Waals surface area contributed by atoms with Gasteiger partial charge in [-0.3, -0.25) is 0 Å². The van der Waals surface area contributed by atoms with E-state index in [4.69, 9.17) is 0 Å². The lowest BCUT2D eigenvalue weighted by Crippen LogP contribution is -2.35. The first-order valence-corrected chi connectivity index (χ1v) is 7.15. The number of aliphatic hydroxyl groups excluding tert-OH is 1. The van der Waals surface area contributed by atoms with Gasteiger partial charge in [0.15, 0.2) is 5.65 Å². The van der Waals surface area contributed by atoms with E-state index in [1.165, 1.54) is 6.33 Å². The van der Waals surface area contributed by atoms with E-state index in [-0.39, 0.29) is 6.61 Å². The van der Waals surface area contributed by atoms with Crippen LogP contribution in [0.15, 0.2) is 36.8 Å². The van der Waals surface area contributed by atoms with Crippen LogP contribution < -0.4 is 5.32 Å². The van der Waals surface area contributed by atoms with Gasteiger partial charge < -0.3 is 10.4 Å². The third-order valence-corrected chi connectivity index (χ3v) is 3.56. The summed E-state index contributed by atoms with van der Waals surface area (Å²) in [5, 5.41) is 17.9. The molecule has 0 amide bonds. The molecule has 0 bridgehead atoms. The Kier molecular flexibility index (Phi) is 3.54. The zero-order valence-electron chi connectivity index (χ0n) is 12.9. The van der Waals surface area contributed by atoms with E-state index in [1.54, 1.807) is 6.20 Å². The van der Waals surface area contributed by atoms with Crippen LogP contribution in [0.4, 0.5) is 5.82 Å². The molecule has 0 radical (unpaired) electrons. The van der Waals surface area contributed by atoms with Crippen LogP contribution >= 0.6 is 0 Å². The van der Waals surface area contributed by atoms with Crippen molar-refractivity contribution in [2.75, 3.05) is 11.9 Å². The minimum atomic E-state index is -0.466. The van der Waals surface area contributed by atoms with Crippen LogP contribution in [0.2, 0.25) is 0 Å². The minimum absolute atomic E-state index is 0.00439. The van der Waals surface area contributed by atoms with E-state index in [1.807, 2.05) is 49.7 Å². The van der Waals surface area contributed by atoms with Crippen LogP contribution in [0.1, 0.15) is 19.4 Å². The molecule has 0 unspecified atom stereocenters. The second kappa shape index (κ2) is 5.38. The molecule has 0 aliphatic heterocycles. The molecule has 6 heteroatoms. The maximum Gasteiger partial charge on any atom is 0.168 e. The van der Waals surface area contributed by atoms with Crippen molar-refractivity contribution in [2.45, 2.75) is 26.3 Å². The SMILES string of the molecule is Cc1ccccc1-n1ncc2c(NC(C)(C)CO)ncnc21. The topological polar surface area (TPSA) is 75.9 Å². The van der Waals surface area contributed by atoms with Gasteiger partial charge in [-0.25, -0.2) is 14.6 Å². The first-order chi connectivity index (χ1) is 10.5. The molecule has 0 spiro atoms. The quantitative estimate of drug-likeness (QED) is 0.773. The van der Waals surface area contributed by atoms with Crippen molar-refractivity contribution in [2.24, 2.45) is 0 Å². The summed E-state index contributed by atoms with van der Waals surface area (Å²) in [6, 6.07) is 8.02.